The third kappa shape index (κ3) is 3.69. The minimum absolute atomic E-state index is 0.102. The van der Waals surface area contributed by atoms with Crippen molar-refractivity contribution in [2.24, 2.45) is 47.3 Å². The highest BCUT2D eigenvalue weighted by Crippen LogP contribution is 2.60. The van der Waals surface area contributed by atoms with Gasteiger partial charge in [-0.05, 0) is 69.1 Å². The molecule has 6 unspecified atom stereocenters. The lowest BCUT2D eigenvalue weighted by molar-refractivity contribution is -0.208. The van der Waals surface area contributed by atoms with Gasteiger partial charge in [-0.1, -0.05) is 0 Å². The molecule has 6 saturated carbocycles. The van der Waals surface area contributed by atoms with Gasteiger partial charge in [0.05, 0.1) is 11.8 Å². The molecule has 7 aliphatic rings. The number of alkyl halides is 2. The number of carbonyl (C=O) groups excluding carboxylic acids is 4. The van der Waals surface area contributed by atoms with E-state index in [0.29, 0.717) is 11.8 Å². The third-order valence-corrected chi connectivity index (χ3v) is 10.9. The Morgan fingerprint density at radius 1 is 1.05 bits per heavy atom. The summed E-state index contributed by atoms with van der Waals surface area (Å²) in [7, 11) is -6.11. The molecule has 0 aromatic rings. The molecule has 210 valence electrons. The molecule has 1 saturated heterocycles. The van der Waals surface area contributed by atoms with Crippen LogP contribution in [0.2, 0.25) is 0 Å². The molecule has 6 aliphatic carbocycles. The molecule has 1 N–H and O–H groups in total. The van der Waals surface area contributed by atoms with Gasteiger partial charge >= 0.3 is 39.2 Å². The Morgan fingerprint density at radius 3 is 2.24 bits per heavy atom. The fourth-order valence-electron chi connectivity index (χ4n) is 8.55. The molecule has 0 aromatic heterocycles. The van der Waals surface area contributed by atoms with Crippen molar-refractivity contribution < 1.29 is 59.9 Å². The van der Waals surface area contributed by atoms with E-state index in [4.69, 9.17) is 18.8 Å². The molecular formula is C24H28F2O11S. The standard InChI is InChI=1S/C24H28F2O11S/c1-23(11-3-9-2-10(5-11)6-12(23)4-9)37-15(27)8-34-20(28)16-13-7-14-17(16)21(29)35-18(14)19(13)36-22(30)24(25,26)38(31,32)33/h9-14,16-19H,2-8H2,1H3,(H,31,32,33). The van der Waals surface area contributed by atoms with Gasteiger partial charge in [0, 0.05) is 11.8 Å². The van der Waals surface area contributed by atoms with Gasteiger partial charge in [-0.2, -0.15) is 17.2 Å². The van der Waals surface area contributed by atoms with Crippen LogP contribution in [0.25, 0.3) is 0 Å². The van der Waals surface area contributed by atoms with Crippen LogP contribution in [0.4, 0.5) is 8.78 Å². The Labute approximate surface area is 216 Å². The molecule has 1 aliphatic heterocycles. The number of halogens is 2. The molecule has 0 radical (unpaired) electrons. The second-order valence-electron chi connectivity index (χ2n) is 11.9. The maximum absolute atomic E-state index is 13.8. The average Bonchev–Trinajstić information content (AvgIpc) is 3.44. The van der Waals surface area contributed by atoms with Gasteiger partial charge in [-0.25, -0.2) is 9.59 Å². The largest absolute Gasteiger partial charge is 0.465 e. The number of hydrogen-bond donors (Lipinski definition) is 1. The summed E-state index contributed by atoms with van der Waals surface area (Å²) in [5.74, 6) is -7.02. The Balaban J connectivity index is 1.11. The summed E-state index contributed by atoms with van der Waals surface area (Å²) in [4.78, 5) is 50.1. The number of fused-ring (bicyclic) bond motifs is 1. The van der Waals surface area contributed by atoms with Crippen molar-refractivity contribution in [1.82, 2.24) is 0 Å². The highest BCUT2D eigenvalue weighted by molar-refractivity contribution is 7.87. The summed E-state index contributed by atoms with van der Waals surface area (Å²) < 4.78 is 79.0. The summed E-state index contributed by atoms with van der Waals surface area (Å²) in [6.45, 7) is 1.23. The van der Waals surface area contributed by atoms with Gasteiger partial charge < -0.3 is 18.9 Å². The molecule has 6 atom stereocenters. The monoisotopic (exact) mass is 562 g/mol. The van der Waals surface area contributed by atoms with Crippen molar-refractivity contribution in [2.45, 2.75) is 68.5 Å². The number of ether oxygens (including phenoxy) is 4. The van der Waals surface area contributed by atoms with Crippen LogP contribution < -0.4 is 0 Å². The van der Waals surface area contributed by atoms with E-state index in [1.54, 1.807) is 0 Å². The Hall–Kier alpha value is -2.35. The Kier molecular flexibility index (Phi) is 5.67. The van der Waals surface area contributed by atoms with Crippen LogP contribution in [0.3, 0.4) is 0 Å². The summed E-state index contributed by atoms with van der Waals surface area (Å²) in [6, 6.07) is 0. The van der Waals surface area contributed by atoms with E-state index in [1.807, 2.05) is 6.92 Å². The maximum atomic E-state index is 13.8. The molecule has 38 heavy (non-hydrogen) atoms. The van der Waals surface area contributed by atoms with Gasteiger partial charge in [0.15, 0.2) is 6.61 Å². The van der Waals surface area contributed by atoms with Crippen LogP contribution in [0.15, 0.2) is 0 Å². The zero-order chi connectivity index (χ0) is 27.4. The van der Waals surface area contributed by atoms with Crippen molar-refractivity contribution in [3.05, 3.63) is 0 Å². The number of esters is 4. The summed E-state index contributed by atoms with van der Waals surface area (Å²) in [5, 5.41) is -5.25. The van der Waals surface area contributed by atoms with E-state index in [1.165, 1.54) is 6.42 Å². The van der Waals surface area contributed by atoms with E-state index in [0.717, 1.165) is 25.7 Å². The molecule has 7 rings (SSSR count). The first-order valence-electron chi connectivity index (χ1n) is 12.9. The fourth-order valence-corrected chi connectivity index (χ4v) is 8.81. The number of carbonyl (C=O) groups is 4. The fraction of sp³-hybridized carbons (Fsp3) is 0.833. The molecule has 0 aromatic carbocycles. The highest BCUT2D eigenvalue weighted by Gasteiger charge is 2.71. The van der Waals surface area contributed by atoms with Gasteiger partial charge in [0.1, 0.15) is 17.8 Å². The predicted molar refractivity (Wildman–Crippen MR) is 117 cm³/mol. The van der Waals surface area contributed by atoms with Crippen molar-refractivity contribution in [3.8, 4) is 0 Å². The maximum Gasteiger partial charge on any atom is 0.465 e. The van der Waals surface area contributed by atoms with Crippen LogP contribution in [-0.4, -0.2) is 66.5 Å². The Bertz CT molecular complexity index is 1170. The number of hydrogen-bond acceptors (Lipinski definition) is 10. The highest BCUT2D eigenvalue weighted by atomic mass is 32.2. The van der Waals surface area contributed by atoms with E-state index < -0.39 is 87.3 Å². The van der Waals surface area contributed by atoms with Gasteiger partial charge in [0.25, 0.3) is 0 Å². The van der Waals surface area contributed by atoms with Gasteiger partial charge in [0.2, 0.25) is 0 Å². The molecule has 1 heterocycles. The van der Waals surface area contributed by atoms with E-state index in [9.17, 15) is 36.4 Å². The zero-order valence-electron chi connectivity index (χ0n) is 20.4. The summed E-state index contributed by atoms with van der Waals surface area (Å²) in [6.07, 6.45) is 2.67. The molecular weight excluding hydrogens is 534 g/mol. The van der Waals surface area contributed by atoms with E-state index in [-0.39, 0.29) is 18.3 Å². The second-order valence-corrected chi connectivity index (χ2v) is 13.4. The molecule has 6 bridgehead atoms. The van der Waals surface area contributed by atoms with Gasteiger partial charge in [-0.15, -0.1) is 0 Å². The molecule has 0 spiro atoms. The SMILES string of the molecule is CC1(OC(=O)COC(=O)C2C3CC4C(OC(=O)C42)C3OC(=O)C(F)(F)S(=O)(=O)O)C2CC3CC(C2)CC1C3. The summed E-state index contributed by atoms with van der Waals surface area (Å²) in [5.41, 5.74) is -0.636. The third-order valence-electron chi connectivity index (χ3n) is 10.0. The Morgan fingerprint density at radius 2 is 1.66 bits per heavy atom. The minimum Gasteiger partial charge on any atom is -0.458 e. The molecule has 0 amide bonds. The normalized spacial score (nSPS) is 44.2. The number of rotatable bonds is 7. The average molecular weight is 563 g/mol. The predicted octanol–water partition coefficient (Wildman–Crippen LogP) is 1.49. The van der Waals surface area contributed by atoms with Crippen LogP contribution in [0.1, 0.15) is 45.4 Å². The smallest absolute Gasteiger partial charge is 0.458 e. The van der Waals surface area contributed by atoms with Gasteiger partial charge in [-0.3, -0.25) is 14.1 Å². The van der Waals surface area contributed by atoms with Crippen LogP contribution in [0, 0.1) is 47.3 Å². The van der Waals surface area contributed by atoms with Crippen molar-refractivity contribution in [3.63, 3.8) is 0 Å². The lowest BCUT2D eigenvalue weighted by atomic mass is 9.50. The lowest BCUT2D eigenvalue weighted by Gasteiger charge is -2.59. The van der Waals surface area contributed by atoms with E-state index in [2.05, 4.69) is 4.74 Å². The second kappa shape index (κ2) is 8.33. The molecule has 14 heteroatoms. The molecule has 7 fully saturated rings. The van der Waals surface area contributed by atoms with Crippen LogP contribution in [-0.2, 0) is 48.2 Å². The lowest BCUT2D eigenvalue weighted by Crippen LogP contribution is -2.58. The van der Waals surface area contributed by atoms with Crippen LogP contribution in [0.5, 0.6) is 0 Å². The minimum atomic E-state index is -6.11. The first kappa shape index (κ1) is 25.9. The molecule has 11 nitrogen and oxygen atoms in total. The van der Waals surface area contributed by atoms with E-state index >= 15 is 0 Å². The quantitative estimate of drug-likeness (QED) is 0.272. The van der Waals surface area contributed by atoms with Crippen molar-refractivity contribution in [1.29, 1.82) is 0 Å². The zero-order valence-corrected chi connectivity index (χ0v) is 21.2. The topological polar surface area (TPSA) is 160 Å². The van der Waals surface area contributed by atoms with Crippen molar-refractivity contribution in [2.75, 3.05) is 6.61 Å². The van der Waals surface area contributed by atoms with Crippen molar-refractivity contribution >= 4 is 34.0 Å². The first-order chi connectivity index (χ1) is 17.7. The summed E-state index contributed by atoms with van der Waals surface area (Å²) >= 11 is 0. The van der Waals surface area contributed by atoms with Crippen LogP contribution >= 0.6 is 0 Å². The first-order valence-corrected chi connectivity index (χ1v) is 14.3.